The lowest BCUT2D eigenvalue weighted by Gasteiger charge is -2.29. The third kappa shape index (κ3) is 1.25. The van der Waals surface area contributed by atoms with E-state index in [-0.39, 0.29) is 0 Å². The fourth-order valence-electron chi connectivity index (χ4n) is 1.78. The molecule has 1 aromatic carbocycles. The number of rotatable bonds is 1. The van der Waals surface area contributed by atoms with Gasteiger partial charge >= 0.3 is 0 Å². The van der Waals surface area contributed by atoms with Gasteiger partial charge in [-0.15, -0.1) is 5.12 Å². The molecule has 0 fully saturated rings. The van der Waals surface area contributed by atoms with Crippen LogP contribution in [0.2, 0.25) is 0 Å². The van der Waals surface area contributed by atoms with Crippen molar-refractivity contribution in [3.8, 4) is 0 Å². The SMILES string of the molecule is CC(C)N1c2ccccc2NN1C. The van der Waals surface area contributed by atoms with E-state index >= 15 is 0 Å². The minimum absolute atomic E-state index is 0.473. The summed E-state index contributed by atoms with van der Waals surface area (Å²) in [6.07, 6.45) is 0. The van der Waals surface area contributed by atoms with Crippen LogP contribution in [0.15, 0.2) is 24.3 Å². The van der Waals surface area contributed by atoms with E-state index in [9.17, 15) is 0 Å². The number of benzene rings is 1. The van der Waals surface area contributed by atoms with Crippen molar-refractivity contribution >= 4 is 11.4 Å². The summed E-state index contributed by atoms with van der Waals surface area (Å²) in [5.41, 5.74) is 5.72. The van der Waals surface area contributed by atoms with Crippen LogP contribution in [-0.2, 0) is 0 Å². The lowest BCUT2D eigenvalue weighted by Crippen LogP contribution is -2.42. The highest BCUT2D eigenvalue weighted by atomic mass is 15.8. The highest BCUT2D eigenvalue weighted by Crippen LogP contribution is 2.33. The van der Waals surface area contributed by atoms with Crippen molar-refractivity contribution in [3.63, 3.8) is 0 Å². The van der Waals surface area contributed by atoms with E-state index in [0.717, 1.165) is 0 Å². The summed E-state index contributed by atoms with van der Waals surface area (Å²) in [6.45, 7) is 4.36. The van der Waals surface area contributed by atoms with Crippen LogP contribution < -0.4 is 10.4 Å². The summed E-state index contributed by atoms with van der Waals surface area (Å²) in [4.78, 5) is 0. The molecule has 0 saturated carbocycles. The van der Waals surface area contributed by atoms with E-state index in [1.165, 1.54) is 11.4 Å². The standard InChI is InChI=1S/C10H15N3/c1-8(2)13-10-7-5-4-6-9(10)11-12(13)3/h4-8,11H,1-3H3. The van der Waals surface area contributed by atoms with Gasteiger partial charge < -0.3 is 0 Å². The maximum atomic E-state index is 3.29. The molecule has 1 aliphatic heterocycles. The molecule has 1 heterocycles. The number of para-hydroxylation sites is 2. The molecule has 3 nitrogen and oxygen atoms in total. The molecule has 2 rings (SSSR count). The zero-order chi connectivity index (χ0) is 9.42. The van der Waals surface area contributed by atoms with Gasteiger partial charge in [0.1, 0.15) is 0 Å². The molecular formula is C10H15N3. The van der Waals surface area contributed by atoms with Crippen LogP contribution in [0.5, 0.6) is 0 Å². The average molecular weight is 177 g/mol. The van der Waals surface area contributed by atoms with Gasteiger partial charge in [-0.25, -0.2) is 0 Å². The number of hydrogen-bond acceptors (Lipinski definition) is 3. The van der Waals surface area contributed by atoms with Gasteiger partial charge in [0.25, 0.3) is 0 Å². The molecule has 70 valence electrons. The molecule has 13 heavy (non-hydrogen) atoms. The molecule has 0 atom stereocenters. The maximum absolute atomic E-state index is 3.29. The van der Waals surface area contributed by atoms with E-state index in [4.69, 9.17) is 0 Å². The van der Waals surface area contributed by atoms with Crippen LogP contribution in [0.1, 0.15) is 13.8 Å². The second kappa shape index (κ2) is 2.92. The first-order valence-corrected chi connectivity index (χ1v) is 4.58. The van der Waals surface area contributed by atoms with Crippen molar-refractivity contribution in [2.45, 2.75) is 19.9 Å². The third-order valence-electron chi connectivity index (χ3n) is 2.25. The smallest absolute Gasteiger partial charge is 0.0788 e. The molecule has 0 radical (unpaired) electrons. The fourth-order valence-corrected chi connectivity index (χ4v) is 1.78. The quantitative estimate of drug-likeness (QED) is 0.708. The number of hydrazine groups is 2. The number of anilines is 2. The van der Waals surface area contributed by atoms with Gasteiger partial charge in [-0.1, -0.05) is 12.1 Å². The monoisotopic (exact) mass is 177 g/mol. The summed E-state index contributed by atoms with van der Waals surface area (Å²) >= 11 is 0. The lowest BCUT2D eigenvalue weighted by atomic mass is 10.2. The van der Waals surface area contributed by atoms with E-state index < -0.39 is 0 Å². The van der Waals surface area contributed by atoms with Gasteiger partial charge in [0.05, 0.1) is 11.4 Å². The Kier molecular flexibility index (Phi) is 1.88. The molecule has 0 aliphatic carbocycles. The summed E-state index contributed by atoms with van der Waals surface area (Å²) in [6, 6.07) is 8.81. The molecule has 1 N–H and O–H groups in total. The van der Waals surface area contributed by atoms with Gasteiger partial charge in [0.2, 0.25) is 0 Å². The number of nitrogens with zero attached hydrogens (tertiary/aromatic N) is 2. The van der Waals surface area contributed by atoms with Crippen LogP contribution in [-0.4, -0.2) is 18.2 Å². The van der Waals surface area contributed by atoms with Crippen LogP contribution in [0, 0.1) is 0 Å². The van der Waals surface area contributed by atoms with Gasteiger partial charge in [-0.3, -0.25) is 10.4 Å². The minimum atomic E-state index is 0.473. The van der Waals surface area contributed by atoms with Crippen LogP contribution in [0.25, 0.3) is 0 Å². The van der Waals surface area contributed by atoms with Gasteiger partial charge in [-0.2, -0.15) is 0 Å². The highest BCUT2D eigenvalue weighted by molar-refractivity contribution is 5.72. The van der Waals surface area contributed by atoms with E-state index in [0.29, 0.717) is 6.04 Å². The zero-order valence-electron chi connectivity index (χ0n) is 8.28. The molecule has 0 amide bonds. The Morgan fingerprint density at radius 3 is 2.62 bits per heavy atom. The van der Waals surface area contributed by atoms with Gasteiger partial charge in [-0.05, 0) is 26.0 Å². The second-order valence-electron chi connectivity index (χ2n) is 3.59. The number of hydrogen-bond donors (Lipinski definition) is 1. The topological polar surface area (TPSA) is 18.5 Å². The van der Waals surface area contributed by atoms with Crippen molar-refractivity contribution in [3.05, 3.63) is 24.3 Å². The Balaban J connectivity index is 2.40. The molecule has 0 saturated heterocycles. The van der Waals surface area contributed by atoms with E-state index in [1.54, 1.807) is 0 Å². The average Bonchev–Trinajstić information content (AvgIpc) is 2.39. The Morgan fingerprint density at radius 2 is 1.92 bits per heavy atom. The van der Waals surface area contributed by atoms with Crippen LogP contribution >= 0.6 is 0 Å². The predicted octanol–water partition coefficient (Wildman–Crippen LogP) is 2.09. The fraction of sp³-hybridized carbons (Fsp3) is 0.400. The first-order chi connectivity index (χ1) is 6.20. The van der Waals surface area contributed by atoms with Crippen molar-refractivity contribution < 1.29 is 0 Å². The van der Waals surface area contributed by atoms with Crippen LogP contribution in [0.4, 0.5) is 11.4 Å². The third-order valence-corrected chi connectivity index (χ3v) is 2.25. The molecule has 1 aliphatic rings. The minimum Gasteiger partial charge on any atom is -0.299 e. The summed E-state index contributed by atoms with van der Waals surface area (Å²) < 4.78 is 0. The Morgan fingerprint density at radius 1 is 1.23 bits per heavy atom. The predicted molar refractivity (Wildman–Crippen MR) is 55.4 cm³/mol. The molecule has 0 aromatic heterocycles. The summed E-state index contributed by atoms with van der Waals surface area (Å²) in [5, 5.41) is 4.25. The van der Waals surface area contributed by atoms with Crippen LogP contribution in [0.3, 0.4) is 0 Å². The Bertz CT molecular complexity index is 309. The Labute approximate surface area is 78.9 Å². The van der Waals surface area contributed by atoms with Crippen molar-refractivity contribution in [2.75, 3.05) is 17.5 Å². The molecular weight excluding hydrogens is 162 g/mol. The van der Waals surface area contributed by atoms with Crippen molar-refractivity contribution in [1.29, 1.82) is 0 Å². The molecule has 0 unspecified atom stereocenters. The normalized spacial score (nSPS) is 16.2. The van der Waals surface area contributed by atoms with E-state index in [2.05, 4.69) is 42.5 Å². The molecule has 0 spiro atoms. The first kappa shape index (κ1) is 8.38. The zero-order valence-corrected chi connectivity index (χ0v) is 8.28. The first-order valence-electron chi connectivity index (χ1n) is 4.58. The number of fused-ring (bicyclic) bond motifs is 1. The lowest BCUT2D eigenvalue weighted by molar-refractivity contribution is 0.355. The largest absolute Gasteiger partial charge is 0.299 e. The maximum Gasteiger partial charge on any atom is 0.0788 e. The van der Waals surface area contributed by atoms with Gasteiger partial charge in [0.15, 0.2) is 0 Å². The van der Waals surface area contributed by atoms with Crippen molar-refractivity contribution in [1.82, 2.24) is 5.12 Å². The molecule has 1 aromatic rings. The Hall–Kier alpha value is -1.22. The second-order valence-corrected chi connectivity index (χ2v) is 3.59. The highest BCUT2D eigenvalue weighted by Gasteiger charge is 2.24. The van der Waals surface area contributed by atoms with Gasteiger partial charge in [0, 0.05) is 13.1 Å². The van der Waals surface area contributed by atoms with Crippen molar-refractivity contribution in [2.24, 2.45) is 0 Å². The number of nitrogens with one attached hydrogen (secondary N) is 1. The summed E-state index contributed by atoms with van der Waals surface area (Å²) in [7, 11) is 2.03. The summed E-state index contributed by atoms with van der Waals surface area (Å²) in [5.74, 6) is 0. The molecule has 0 bridgehead atoms. The molecule has 3 heteroatoms. The van der Waals surface area contributed by atoms with E-state index in [1.807, 2.05) is 18.2 Å².